The molecule has 30 heavy (non-hydrogen) atoms. The van der Waals surface area contributed by atoms with Crippen LogP contribution in [0.3, 0.4) is 0 Å². The van der Waals surface area contributed by atoms with Gasteiger partial charge in [0.05, 0.1) is 10.0 Å². The number of hydrogen-bond donors (Lipinski definition) is 1. The van der Waals surface area contributed by atoms with Crippen molar-refractivity contribution in [1.82, 2.24) is 29.7 Å². The Balaban J connectivity index is 1.26. The van der Waals surface area contributed by atoms with E-state index in [2.05, 4.69) is 20.6 Å². The van der Waals surface area contributed by atoms with Crippen LogP contribution >= 0.6 is 23.2 Å². The predicted octanol–water partition coefficient (Wildman–Crippen LogP) is 3.63. The first-order valence-corrected chi connectivity index (χ1v) is 10.0. The number of ether oxygens (including phenoxy) is 1. The monoisotopic (exact) mass is 444 g/mol. The summed E-state index contributed by atoms with van der Waals surface area (Å²) in [4.78, 5) is 12.3. The number of pyridine rings is 1. The van der Waals surface area contributed by atoms with Crippen molar-refractivity contribution < 1.29 is 9.53 Å². The van der Waals surface area contributed by atoms with Crippen LogP contribution in [0.5, 0.6) is 5.75 Å². The number of amides is 1. The summed E-state index contributed by atoms with van der Waals surface area (Å²) in [5.41, 5.74) is 1.11. The quantitative estimate of drug-likeness (QED) is 0.419. The number of aromatic nitrogens is 5. The summed E-state index contributed by atoms with van der Waals surface area (Å²) in [6, 6.07) is 12.5. The van der Waals surface area contributed by atoms with Gasteiger partial charge in [0.1, 0.15) is 11.5 Å². The van der Waals surface area contributed by atoms with Gasteiger partial charge in [0.2, 0.25) is 0 Å². The lowest BCUT2D eigenvalue weighted by molar-refractivity contribution is 0.0946. The van der Waals surface area contributed by atoms with Crippen LogP contribution in [0.2, 0.25) is 10.0 Å². The van der Waals surface area contributed by atoms with E-state index in [1.165, 1.54) is 4.68 Å². The maximum Gasteiger partial charge on any atom is 0.271 e. The third-order valence-corrected chi connectivity index (χ3v) is 4.98. The molecule has 8 nitrogen and oxygen atoms in total. The van der Waals surface area contributed by atoms with Gasteiger partial charge in [-0.05, 0) is 36.8 Å². The van der Waals surface area contributed by atoms with Crippen LogP contribution in [0.1, 0.15) is 22.7 Å². The molecular formula is C20H18Cl2N6O2. The fourth-order valence-corrected chi connectivity index (χ4v) is 3.41. The van der Waals surface area contributed by atoms with E-state index in [-0.39, 0.29) is 12.6 Å². The van der Waals surface area contributed by atoms with Gasteiger partial charge in [0.15, 0.2) is 18.1 Å². The number of rotatable bonds is 8. The van der Waals surface area contributed by atoms with Gasteiger partial charge in [-0.15, -0.1) is 10.2 Å². The summed E-state index contributed by atoms with van der Waals surface area (Å²) in [6.07, 6.45) is 5.01. The second-order valence-corrected chi connectivity index (χ2v) is 7.28. The molecule has 0 spiro atoms. The van der Waals surface area contributed by atoms with E-state index in [4.69, 9.17) is 27.9 Å². The molecule has 0 aliphatic heterocycles. The van der Waals surface area contributed by atoms with Crippen molar-refractivity contribution in [3.8, 4) is 5.75 Å². The Bertz CT molecular complexity index is 1150. The summed E-state index contributed by atoms with van der Waals surface area (Å²) in [5, 5.41) is 16.2. The van der Waals surface area contributed by atoms with Crippen molar-refractivity contribution >= 4 is 34.8 Å². The van der Waals surface area contributed by atoms with E-state index in [9.17, 15) is 4.79 Å². The minimum Gasteiger partial charge on any atom is -0.468 e. The Morgan fingerprint density at radius 2 is 1.87 bits per heavy atom. The van der Waals surface area contributed by atoms with Gasteiger partial charge in [-0.1, -0.05) is 35.3 Å². The van der Waals surface area contributed by atoms with Gasteiger partial charge in [0, 0.05) is 25.4 Å². The summed E-state index contributed by atoms with van der Waals surface area (Å²) in [5.74, 6) is 0.985. The van der Waals surface area contributed by atoms with Crippen LogP contribution in [0.15, 0.2) is 54.9 Å². The van der Waals surface area contributed by atoms with Crippen molar-refractivity contribution in [1.29, 1.82) is 0 Å². The highest BCUT2D eigenvalue weighted by Gasteiger charge is 2.11. The van der Waals surface area contributed by atoms with E-state index in [0.717, 1.165) is 17.9 Å². The molecule has 0 aliphatic rings. The lowest BCUT2D eigenvalue weighted by Crippen LogP contribution is -2.25. The molecule has 1 aromatic carbocycles. The minimum atomic E-state index is -0.254. The topological polar surface area (TPSA) is 86.3 Å². The zero-order valence-corrected chi connectivity index (χ0v) is 17.3. The molecule has 0 saturated heterocycles. The summed E-state index contributed by atoms with van der Waals surface area (Å²) in [6.45, 7) is 0.579. The maximum absolute atomic E-state index is 12.3. The van der Waals surface area contributed by atoms with E-state index < -0.39 is 0 Å². The second-order valence-electron chi connectivity index (χ2n) is 6.47. The van der Waals surface area contributed by atoms with Crippen LogP contribution in [0, 0.1) is 0 Å². The smallest absolute Gasteiger partial charge is 0.271 e. The first-order chi connectivity index (χ1) is 14.6. The van der Waals surface area contributed by atoms with Crippen LogP contribution in [-0.4, -0.2) is 36.8 Å². The number of nitrogens with one attached hydrogen (secondary N) is 1. The normalized spacial score (nSPS) is 11.0. The van der Waals surface area contributed by atoms with Crippen LogP contribution in [0.25, 0.3) is 5.65 Å². The second kappa shape index (κ2) is 9.15. The lowest BCUT2D eigenvalue weighted by atomic mass is 10.3. The molecule has 0 aliphatic carbocycles. The molecule has 0 bridgehead atoms. The highest BCUT2D eigenvalue weighted by atomic mass is 35.5. The molecule has 1 amide bonds. The van der Waals surface area contributed by atoms with Gasteiger partial charge in [-0.2, -0.15) is 5.10 Å². The molecule has 3 aromatic heterocycles. The van der Waals surface area contributed by atoms with E-state index in [1.807, 2.05) is 28.8 Å². The molecular weight excluding hydrogens is 427 g/mol. The largest absolute Gasteiger partial charge is 0.468 e. The third kappa shape index (κ3) is 4.55. The number of halogens is 2. The number of fused-ring (bicyclic) bond motifs is 1. The van der Waals surface area contributed by atoms with E-state index in [1.54, 1.807) is 30.5 Å². The number of carbonyl (C=O) groups excluding carboxylic acids is 1. The summed E-state index contributed by atoms with van der Waals surface area (Å²) < 4.78 is 9.05. The Kier molecular flexibility index (Phi) is 6.15. The lowest BCUT2D eigenvalue weighted by Gasteiger charge is -2.09. The number of carbonyl (C=O) groups is 1. The van der Waals surface area contributed by atoms with Gasteiger partial charge < -0.3 is 10.1 Å². The van der Waals surface area contributed by atoms with Crippen molar-refractivity contribution in [2.75, 3.05) is 6.54 Å². The molecule has 0 atom stereocenters. The molecule has 4 rings (SSSR count). The van der Waals surface area contributed by atoms with Crippen LogP contribution in [0.4, 0.5) is 0 Å². The number of hydrogen-bond acceptors (Lipinski definition) is 5. The number of aryl methyl sites for hydroxylation is 1. The third-order valence-electron chi connectivity index (χ3n) is 4.38. The zero-order chi connectivity index (χ0) is 20.9. The summed E-state index contributed by atoms with van der Waals surface area (Å²) >= 11 is 12.2. The average molecular weight is 445 g/mol. The highest BCUT2D eigenvalue weighted by molar-refractivity contribution is 6.37. The predicted molar refractivity (Wildman–Crippen MR) is 113 cm³/mol. The van der Waals surface area contributed by atoms with E-state index in [0.29, 0.717) is 34.5 Å². The van der Waals surface area contributed by atoms with Crippen LogP contribution < -0.4 is 10.1 Å². The van der Waals surface area contributed by atoms with Crippen molar-refractivity contribution in [3.63, 3.8) is 0 Å². The van der Waals surface area contributed by atoms with Gasteiger partial charge in [-0.3, -0.25) is 9.20 Å². The maximum atomic E-state index is 12.3. The molecule has 0 radical (unpaired) electrons. The zero-order valence-electron chi connectivity index (χ0n) is 15.8. The van der Waals surface area contributed by atoms with Gasteiger partial charge in [-0.25, -0.2) is 4.68 Å². The molecule has 154 valence electrons. The fraction of sp³-hybridized carbons (Fsp3) is 0.200. The number of nitrogens with zero attached hydrogens (tertiary/aromatic N) is 5. The minimum absolute atomic E-state index is 0.0800. The van der Waals surface area contributed by atoms with Crippen LogP contribution in [-0.2, 0) is 13.2 Å². The van der Waals surface area contributed by atoms with E-state index >= 15 is 0 Å². The molecule has 0 fully saturated rings. The Morgan fingerprint density at radius 1 is 1.03 bits per heavy atom. The van der Waals surface area contributed by atoms with Gasteiger partial charge >= 0.3 is 0 Å². The Hall–Kier alpha value is -3.10. The Morgan fingerprint density at radius 3 is 2.70 bits per heavy atom. The summed E-state index contributed by atoms with van der Waals surface area (Å²) in [7, 11) is 0. The fourth-order valence-electron chi connectivity index (χ4n) is 2.91. The molecule has 0 unspecified atom stereocenters. The average Bonchev–Trinajstić information content (AvgIpc) is 3.38. The molecule has 0 saturated carbocycles. The van der Waals surface area contributed by atoms with Gasteiger partial charge in [0.25, 0.3) is 5.91 Å². The van der Waals surface area contributed by atoms with Crippen molar-refractivity contribution in [2.24, 2.45) is 0 Å². The standard InChI is InChI=1S/C20H18Cl2N6O2/c21-14-5-3-6-15(22)19(14)30-13-27-12-9-16(26-27)20(29)23-10-4-8-18-25-24-17-7-1-2-11-28(17)18/h1-3,5-7,9,11-12H,4,8,10,13H2,(H,23,29). The molecule has 3 heterocycles. The molecule has 10 heteroatoms. The first kappa shape index (κ1) is 20.2. The SMILES string of the molecule is O=C(NCCCc1nnc2ccccn12)c1ccn(COc2c(Cl)cccc2Cl)n1. The molecule has 1 N–H and O–H groups in total. The first-order valence-electron chi connectivity index (χ1n) is 9.29. The number of para-hydroxylation sites is 1. The van der Waals surface area contributed by atoms with Crippen molar-refractivity contribution in [2.45, 2.75) is 19.6 Å². The number of benzene rings is 1. The van der Waals surface area contributed by atoms with Crippen molar-refractivity contribution in [3.05, 3.63) is 76.4 Å². The molecule has 4 aromatic rings. The Labute approximate surface area is 182 Å². The highest BCUT2D eigenvalue weighted by Crippen LogP contribution is 2.32.